The van der Waals surface area contributed by atoms with Crippen LogP contribution in [0.4, 0.5) is 0 Å². The topological polar surface area (TPSA) is 237 Å². The van der Waals surface area contributed by atoms with E-state index in [0.717, 1.165) is 102 Å². The van der Waals surface area contributed by atoms with E-state index in [4.69, 9.17) is 37.0 Å². The van der Waals surface area contributed by atoms with Gasteiger partial charge in [-0.05, 0) is 37.5 Å². The highest BCUT2D eigenvalue weighted by atomic mass is 31.2. The normalized spacial score (nSPS) is 13.8. The Kier molecular flexibility index (Phi) is 75.0. The average Bonchev–Trinajstić information content (AvgIpc) is 0.909. The molecule has 0 aliphatic rings. The Balaban J connectivity index is 5.22. The summed E-state index contributed by atoms with van der Waals surface area (Å²) in [6.45, 7) is 9.63. The molecule has 0 heterocycles. The Morgan fingerprint density at radius 3 is 0.654 bits per heavy atom. The first-order valence-corrected chi connectivity index (χ1v) is 47.0. The number of rotatable bonds is 84. The molecule has 0 saturated carbocycles. The third-order valence-electron chi connectivity index (χ3n) is 20.0. The van der Waals surface area contributed by atoms with E-state index in [9.17, 15) is 43.2 Å². The van der Waals surface area contributed by atoms with Crippen LogP contribution in [-0.4, -0.2) is 96.7 Å². The van der Waals surface area contributed by atoms with E-state index in [1.54, 1.807) is 0 Å². The van der Waals surface area contributed by atoms with Gasteiger partial charge in [0.2, 0.25) is 0 Å². The fraction of sp³-hybridized carbons (Fsp3) is 0.953. The number of phosphoric ester groups is 2. The second-order valence-corrected chi connectivity index (χ2v) is 34.4. The molecule has 19 heteroatoms. The van der Waals surface area contributed by atoms with Crippen LogP contribution in [-0.2, 0) is 65.4 Å². The van der Waals surface area contributed by atoms with Gasteiger partial charge in [-0.1, -0.05) is 401 Å². The lowest BCUT2D eigenvalue weighted by Crippen LogP contribution is -2.30. The van der Waals surface area contributed by atoms with Crippen LogP contribution < -0.4 is 0 Å². The van der Waals surface area contributed by atoms with Gasteiger partial charge in [0.1, 0.15) is 19.3 Å². The molecule has 2 unspecified atom stereocenters. The van der Waals surface area contributed by atoms with Gasteiger partial charge in [-0.3, -0.25) is 37.3 Å². The minimum atomic E-state index is -4.96. The zero-order valence-electron chi connectivity index (χ0n) is 68.3. The molecular weight excluding hydrogens is 1350 g/mol. The van der Waals surface area contributed by atoms with Gasteiger partial charge >= 0.3 is 39.5 Å². The third-order valence-corrected chi connectivity index (χ3v) is 21.9. The number of carbonyl (C=O) groups excluding carboxylic acids is 4. The molecule has 0 saturated heterocycles. The minimum absolute atomic E-state index is 0.108. The first-order valence-electron chi connectivity index (χ1n) is 44.0. The number of aliphatic hydroxyl groups is 1. The lowest BCUT2D eigenvalue weighted by atomic mass is 10.0. The Hall–Kier alpha value is -1.94. The number of carbonyl (C=O) groups is 4. The van der Waals surface area contributed by atoms with Crippen molar-refractivity contribution in [3.05, 3.63) is 0 Å². The number of hydrogen-bond donors (Lipinski definition) is 3. The summed E-state index contributed by atoms with van der Waals surface area (Å²) in [5.74, 6) is -0.600. The molecule has 0 aliphatic carbocycles. The van der Waals surface area contributed by atoms with E-state index in [1.807, 2.05) is 0 Å². The van der Waals surface area contributed by atoms with Crippen molar-refractivity contribution in [3.8, 4) is 0 Å². The van der Waals surface area contributed by atoms with E-state index in [0.29, 0.717) is 31.6 Å². The van der Waals surface area contributed by atoms with Crippen molar-refractivity contribution in [2.75, 3.05) is 39.6 Å². The summed E-state index contributed by atoms with van der Waals surface area (Å²) in [5, 5.41) is 10.7. The maximum Gasteiger partial charge on any atom is 0.472 e. The number of unbranched alkanes of at least 4 members (excludes halogenated alkanes) is 54. The fourth-order valence-corrected chi connectivity index (χ4v) is 14.8. The van der Waals surface area contributed by atoms with Crippen LogP contribution in [0.5, 0.6) is 0 Å². The van der Waals surface area contributed by atoms with Crippen LogP contribution in [0.25, 0.3) is 0 Å². The van der Waals surface area contributed by atoms with Crippen molar-refractivity contribution in [1.82, 2.24) is 0 Å². The number of esters is 4. The summed E-state index contributed by atoms with van der Waals surface area (Å²) in [4.78, 5) is 73.2. The van der Waals surface area contributed by atoms with Crippen molar-refractivity contribution in [2.24, 2.45) is 11.8 Å². The first kappa shape index (κ1) is 102. The zero-order chi connectivity index (χ0) is 76.4. The lowest BCUT2D eigenvalue weighted by molar-refractivity contribution is -0.161. The van der Waals surface area contributed by atoms with E-state index in [1.165, 1.54) is 263 Å². The molecule has 0 aromatic heterocycles. The Labute approximate surface area is 638 Å². The molecule has 0 spiro atoms. The molecule has 0 aromatic rings. The van der Waals surface area contributed by atoms with Crippen molar-refractivity contribution in [2.45, 2.75) is 471 Å². The maximum atomic E-state index is 13.1. The van der Waals surface area contributed by atoms with Gasteiger partial charge in [0.05, 0.1) is 26.4 Å². The molecule has 104 heavy (non-hydrogen) atoms. The van der Waals surface area contributed by atoms with Crippen molar-refractivity contribution in [3.63, 3.8) is 0 Å². The Morgan fingerprint density at radius 2 is 0.442 bits per heavy atom. The summed E-state index contributed by atoms with van der Waals surface area (Å²) in [7, 11) is -9.93. The molecule has 618 valence electrons. The van der Waals surface area contributed by atoms with Crippen LogP contribution in [0.3, 0.4) is 0 Å². The van der Waals surface area contributed by atoms with Gasteiger partial charge in [0, 0.05) is 25.7 Å². The van der Waals surface area contributed by atoms with Crippen LogP contribution in [0, 0.1) is 11.8 Å². The Morgan fingerprint density at radius 1 is 0.260 bits per heavy atom. The molecule has 0 bridgehead atoms. The SMILES string of the molecule is CCCCCCCCCCCCCCCCCCCCCCCC(=O)O[C@H](COC(=O)CCCCCCCCCCCCCCCCC(C)C)COP(=O)(O)OC[C@@H](O)COP(=O)(O)OC[C@@H](COC(=O)CCCCCCCCCC(C)C)OC(=O)CCCCCCCCCCCCCCCCCC. The fourth-order valence-electron chi connectivity index (χ4n) is 13.2. The molecule has 0 aromatic carbocycles. The molecule has 0 amide bonds. The largest absolute Gasteiger partial charge is 0.472 e. The highest BCUT2D eigenvalue weighted by Gasteiger charge is 2.30. The Bertz CT molecular complexity index is 1990. The van der Waals surface area contributed by atoms with Crippen molar-refractivity contribution >= 4 is 39.5 Å². The van der Waals surface area contributed by atoms with Crippen LogP contribution >= 0.6 is 15.6 Å². The minimum Gasteiger partial charge on any atom is -0.462 e. The standard InChI is InChI=1S/C85H166O17P2/c1-7-9-11-13-15-17-19-21-23-25-26-27-28-29-31-37-41-45-51-58-64-69-84(89)101-80(73-95-82(87)67-61-55-49-43-39-35-33-32-34-38-42-47-53-59-65-77(3)4)75-99-103(91,92)97-71-79(86)72-98-104(93,94)100-76-81(74-96-83(88)68-62-56-52-46-48-54-60-66-78(5)6)102-85(90)70-63-57-50-44-40-36-30-24-22-20-18-16-14-12-10-8-2/h77-81,86H,7-76H2,1-6H3,(H,91,92)(H,93,94)/t79-,80-,81-/m1/s1. The van der Waals surface area contributed by atoms with Gasteiger partial charge in [-0.2, -0.15) is 0 Å². The summed E-state index contributed by atoms with van der Waals surface area (Å²) in [6, 6.07) is 0. The van der Waals surface area contributed by atoms with E-state index in [-0.39, 0.29) is 25.7 Å². The van der Waals surface area contributed by atoms with Gasteiger partial charge in [0.15, 0.2) is 12.2 Å². The molecule has 3 N–H and O–H groups in total. The predicted octanol–water partition coefficient (Wildman–Crippen LogP) is 25.8. The molecule has 0 aliphatic heterocycles. The molecular formula is C85H166O17P2. The summed E-state index contributed by atoms with van der Waals surface area (Å²) < 4.78 is 68.8. The van der Waals surface area contributed by atoms with Gasteiger partial charge < -0.3 is 33.8 Å². The monoisotopic (exact) mass is 1520 g/mol. The lowest BCUT2D eigenvalue weighted by Gasteiger charge is -2.21. The van der Waals surface area contributed by atoms with E-state index < -0.39 is 97.5 Å². The molecule has 0 fully saturated rings. The van der Waals surface area contributed by atoms with E-state index >= 15 is 0 Å². The number of ether oxygens (including phenoxy) is 4. The smallest absolute Gasteiger partial charge is 0.462 e. The van der Waals surface area contributed by atoms with Crippen molar-refractivity contribution in [1.29, 1.82) is 0 Å². The first-order chi connectivity index (χ1) is 50.4. The van der Waals surface area contributed by atoms with Crippen LogP contribution in [0.15, 0.2) is 0 Å². The van der Waals surface area contributed by atoms with Crippen LogP contribution in [0.2, 0.25) is 0 Å². The molecule has 0 rings (SSSR count). The third kappa shape index (κ3) is 78.2. The van der Waals surface area contributed by atoms with Gasteiger partial charge in [0.25, 0.3) is 0 Å². The maximum absolute atomic E-state index is 13.1. The zero-order valence-corrected chi connectivity index (χ0v) is 70.1. The summed E-state index contributed by atoms with van der Waals surface area (Å²) in [5.41, 5.74) is 0. The highest BCUT2D eigenvalue weighted by Crippen LogP contribution is 2.45. The predicted molar refractivity (Wildman–Crippen MR) is 428 cm³/mol. The van der Waals surface area contributed by atoms with Gasteiger partial charge in [-0.15, -0.1) is 0 Å². The average molecular weight is 1520 g/mol. The number of aliphatic hydroxyl groups excluding tert-OH is 1. The summed E-state index contributed by atoms with van der Waals surface area (Å²) >= 11 is 0. The van der Waals surface area contributed by atoms with Crippen LogP contribution in [0.1, 0.15) is 452 Å². The second kappa shape index (κ2) is 76.4. The van der Waals surface area contributed by atoms with E-state index in [2.05, 4.69) is 41.5 Å². The van der Waals surface area contributed by atoms with Gasteiger partial charge in [-0.25, -0.2) is 9.13 Å². The quantitative estimate of drug-likeness (QED) is 0.0222. The molecule has 0 radical (unpaired) electrons. The number of hydrogen-bond acceptors (Lipinski definition) is 15. The second-order valence-electron chi connectivity index (χ2n) is 31.5. The van der Waals surface area contributed by atoms with Crippen molar-refractivity contribution < 1.29 is 80.2 Å². The molecule has 5 atom stereocenters. The highest BCUT2D eigenvalue weighted by molar-refractivity contribution is 7.47. The number of phosphoric acid groups is 2. The molecule has 17 nitrogen and oxygen atoms in total. The summed E-state index contributed by atoms with van der Waals surface area (Å²) in [6.07, 6.45) is 68.2.